The Bertz CT molecular complexity index is 1560. The minimum absolute atomic E-state index is 0.0522. The van der Waals surface area contributed by atoms with Crippen molar-refractivity contribution in [3.8, 4) is 17.4 Å². The van der Waals surface area contributed by atoms with Crippen molar-refractivity contribution in [3.63, 3.8) is 0 Å². The highest BCUT2D eigenvalue weighted by atomic mass is 19.4. The second-order valence-electron chi connectivity index (χ2n) is 10.3. The monoisotopic (exact) mass is 565 g/mol. The highest BCUT2D eigenvalue weighted by molar-refractivity contribution is 6.14. The zero-order valence-corrected chi connectivity index (χ0v) is 22.0. The Hall–Kier alpha value is -4.33. The molecule has 1 saturated heterocycles. The molecule has 212 valence electrons. The number of benzene rings is 1. The predicted octanol–water partition coefficient (Wildman–Crippen LogP) is 3.19. The number of ether oxygens (including phenoxy) is 2. The summed E-state index contributed by atoms with van der Waals surface area (Å²) in [7, 11) is 1.57. The topological polar surface area (TPSA) is 114 Å². The van der Waals surface area contributed by atoms with Crippen molar-refractivity contribution in [2.24, 2.45) is 21.0 Å². The van der Waals surface area contributed by atoms with Gasteiger partial charge in [-0.3, -0.25) is 4.99 Å². The third-order valence-corrected chi connectivity index (χ3v) is 7.37. The smallest absolute Gasteiger partial charge is 0.435 e. The lowest BCUT2D eigenvalue weighted by atomic mass is 10.1. The normalized spacial score (nSPS) is 20.4. The number of nitrogens with one attached hydrogen (secondary N) is 1. The van der Waals surface area contributed by atoms with Crippen LogP contribution in [0.4, 0.5) is 13.2 Å². The summed E-state index contributed by atoms with van der Waals surface area (Å²) in [4.78, 5) is 18.4. The number of rotatable bonds is 8. The number of aliphatic imine (C=N–C) groups is 2. The average Bonchev–Trinajstić information content (AvgIpc) is 3.59. The summed E-state index contributed by atoms with van der Waals surface area (Å²) in [5.41, 5.74) is 1.99. The van der Waals surface area contributed by atoms with Crippen LogP contribution >= 0.6 is 0 Å². The van der Waals surface area contributed by atoms with Gasteiger partial charge in [0.05, 0.1) is 37.5 Å². The molecule has 41 heavy (non-hydrogen) atoms. The molecule has 1 aromatic carbocycles. The second kappa shape index (κ2) is 9.94. The van der Waals surface area contributed by atoms with Crippen LogP contribution in [0.3, 0.4) is 0 Å². The molecule has 3 aromatic rings. The molecule has 4 aliphatic rings. The van der Waals surface area contributed by atoms with Gasteiger partial charge in [-0.15, -0.1) is 0 Å². The van der Waals surface area contributed by atoms with Gasteiger partial charge in [-0.25, -0.2) is 24.7 Å². The molecule has 14 heteroatoms. The zero-order valence-electron chi connectivity index (χ0n) is 22.0. The van der Waals surface area contributed by atoms with E-state index in [2.05, 4.69) is 25.5 Å². The fourth-order valence-corrected chi connectivity index (χ4v) is 4.95. The van der Waals surface area contributed by atoms with Gasteiger partial charge in [0.2, 0.25) is 11.8 Å². The van der Waals surface area contributed by atoms with Gasteiger partial charge in [0, 0.05) is 31.3 Å². The zero-order chi connectivity index (χ0) is 28.1. The Morgan fingerprint density at radius 3 is 2.59 bits per heavy atom. The van der Waals surface area contributed by atoms with Gasteiger partial charge >= 0.3 is 6.18 Å². The Kier molecular flexibility index (Phi) is 6.21. The third-order valence-electron chi connectivity index (χ3n) is 7.37. The number of hydrogen-bond acceptors (Lipinski definition) is 10. The van der Waals surface area contributed by atoms with Crippen molar-refractivity contribution in [3.05, 3.63) is 59.2 Å². The summed E-state index contributed by atoms with van der Waals surface area (Å²) in [6.45, 7) is 2.06. The van der Waals surface area contributed by atoms with Crippen molar-refractivity contribution >= 4 is 17.9 Å². The summed E-state index contributed by atoms with van der Waals surface area (Å²) in [5.74, 6) is 2.11. The number of methoxy groups -OCH3 is 1. The number of alkyl halides is 3. The van der Waals surface area contributed by atoms with Gasteiger partial charge in [-0.05, 0) is 30.5 Å². The molecule has 0 radical (unpaired) electrons. The largest absolute Gasteiger partial charge is 0.480 e. The third kappa shape index (κ3) is 4.92. The quantitative estimate of drug-likeness (QED) is 0.446. The van der Waals surface area contributed by atoms with Crippen LogP contribution in [0.15, 0.2) is 51.7 Å². The van der Waals surface area contributed by atoms with Crippen molar-refractivity contribution in [1.82, 2.24) is 30.1 Å². The minimum atomic E-state index is -4.58. The van der Waals surface area contributed by atoms with Gasteiger partial charge in [-0.1, -0.05) is 12.1 Å². The van der Waals surface area contributed by atoms with Crippen molar-refractivity contribution < 1.29 is 22.6 Å². The second-order valence-corrected chi connectivity index (χ2v) is 10.3. The van der Waals surface area contributed by atoms with E-state index in [9.17, 15) is 13.2 Å². The van der Waals surface area contributed by atoms with Crippen LogP contribution in [0.1, 0.15) is 41.3 Å². The van der Waals surface area contributed by atoms with E-state index in [4.69, 9.17) is 19.5 Å². The van der Waals surface area contributed by atoms with Crippen LogP contribution in [0.2, 0.25) is 0 Å². The number of amidine groups is 2. The van der Waals surface area contributed by atoms with E-state index < -0.39 is 11.9 Å². The van der Waals surface area contributed by atoms with E-state index in [1.54, 1.807) is 19.2 Å². The molecule has 1 saturated carbocycles. The fourth-order valence-electron chi connectivity index (χ4n) is 4.95. The molecule has 0 amide bonds. The summed E-state index contributed by atoms with van der Waals surface area (Å²) < 4.78 is 52.7. The van der Waals surface area contributed by atoms with Crippen LogP contribution in [0.25, 0.3) is 5.69 Å². The molecule has 11 nitrogen and oxygen atoms in total. The van der Waals surface area contributed by atoms with Crippen molar-refractivity contribution in [1.29, 1.82) is 0 Å². The van der Waals surface area contributed by atoms with Crippen LogP contribution in [-0.4, -0.2) is 75.5 Å². The standard InChI is InChI=1S/C27H26F3N9O2/c1-40-26-22(23(16-4-5-16)33-14-34-26)24-32-9-17-10-35-38(25(17)36-24)13-15-2-6-18(7-3-15)39-21(41-19-11-31-12-19)8-20(37-39)27(28,29)30/h2-3,6-8,10,14,16-17,19,31H,4-5,9,11-13H2,1H3. The van der Waals surface area contributed by atoms with Crippen LogP contribution in [0, 0.1) is 5.92 Å². The van der Waals surface area contributed by atoms with Crippen LogP contribution in [-0.2, 0) is 12.7 Å². The molecule has 7 rings (SSSR count). The Labute approximate surface area is 232 Å². The number of fused-ring (bicyclic) bond motifs is 1. The SMILES string of the molecule is COc1ncnc(C2CC2)c1C1=NCC2C=NN(Cc3ccc(-n4nc(C(F)(F)F)cc4OC4CNC4)cc3)C2=N1. The van der Waals surface area contributed by atoms with E-state index in [-0.39, 0.29) is 17.9 Å². The summed E-state index contributed by atoms with van der Waals surface area (Å²) >= 11 is 0. The highest BCUT2D eigenvalue weighted by Crippen LogP contribution is 2.42. The number of aromatic nitrogens is 4. The molecule has 5 heterocycles. The highest BCUT2D eigenvalue weighted by Gasteiger charge is 2.37. The van der Waals surface area contributed by atoms with E-state index >= 15 is 0 Å². The molecular formula is C27H26F3N9O2. The van der Waals surface area contributed by atoms with E-state index in [1.165, 1.54) is 11.0 Å². The fraction of sp³-hybridized carbons (Fsp3) is 0.407. The van der Waals surface area contributed by atoms with E-state index in [0.717, 1.165) is 41.6 Å². The average molecular weight is 566 g/mol. The van der Waals surface area contributed by atoms with Crippen molar-refractivity contribution in [2.45, 2.75) is 37.6 Å². The van der Waals surface area contributed by atoms with Crippen LogP contribution < -0.4 is 14.8 Å². The Morgan fingerprint density at radius 2 is 1.90 bits per heavy atom. The molecule has 0 spiro atoms. The predicted molar refractivity (Wildman–Crippen MR) is 143 cm³/mol. The molecule has 1 aliphatic carbocycles. The first-order valence-corrected chi connectivity index (χ1v) is 13.3. The summed E-state index contributed by atoms with van der Waals surface area (Å²) in [5, 5.41) is 13.2. The maximum atomic E-state index is 13.4. The lowest BCUT2D eigenvalue weighted by Crippen LogP contribution is -2.50. The van der Waals surface area contributed by atoms with Gasteiger partial charge in [0.1, 0.15) is 23.8 Å². The van der Waals surface area contributed by atoms with Gasteiger partial charge in [0.15, 0.2) is 11.5 Å². The molecule has 0 bridgehead atoms. The Balaban J connectivity index is 1.12. The number of hydrogen-bond donors (Lipinski definition) is 1. The maximum Gasteiger partial charge on any atom is 0.435 e. The van der Waals surface area contributed by atoms with E-state index in [0.29, 0.717) is 49.5 Å². The first-order chi connectivity index (χ1) is 19.9. The Morgan fingerprint density at radius 1 is 1.10 bits per heavy atom. The molecule has 1 unspecified atom stereocenters. The van der Waals surface area contributed by atoms with Crippen LogP contribution in [0.5, 0.6) is 11.8 Å². The molecule has 2 aromatic heterocycles. The summed E-state index contributed by atoms with van der Waals surface area (Å²) in [6, 6.07) is 8.04. The van der Waals surface area contributed by atoms with Crippen molar-refractivity contribution in [2.75, 3.05) is 26.7 Å². The minimum Gasteiger partial charge on any atom is -0.480 e. The maximum absolute atomic E-state index is 13.4. The molecule has 1 N–H and O–H groups in total. The summed E-state index contributed by atoms with van der Waals surface area (Å²) in [6.07, 6.45) is 0.688. The molecule has 2 fully saturated rings. The number of halogens is 3. The van der Waals surface area contributed by atoms with Gasteiger partial charge in [-0.2, -0.15) is 23.4 Å². The molecule has 3 aliphatic heterocycles. The van der Waals surface area contributed by atoms with Gasteiger partial charge < -0.3 is 14.8 Å². The molecule has 1 atom stereocenters. The van der Waals surface area contributed by atoms with E-state index in [1.807, 2.05) is 23.4 Å². The number of nitrogens with zero attached hydrogens (tertiary/aromatic N) is 8. The lowest BCUT2D eigenvalue weighted by Gasteiger charge is -2.27. The first kappa shape index (κ1) is 25.6. The molecular weight excluding hydrogens is 539 g/mol. The lowest BCUT2D eigenvalue weighted by molar-refractivity contribution is -0.141. The first-order valence-electron chi connectivity index (χ1n) is 13.3. The number of hydrazone groups is 1. The van der Waals surface area contributed by atoms with Gasteiger partial charge in [0.25, 0.3) is 0 Å².